The van der Waals surface area contributed by atoms with Gasteiger partial charge >= 0.3 is 6.03 Å². The molecule has 2 unspecified atom stereocenters. The summed E-state index contributed by atoms with van der Waals surface area (Å²) >= 11 is 11.8. The van der Waals surface area contributed by atoms with Crippen LogP contribution in [0.1, 0.15) is 19.8 Å². The van der Waals surface area contributed by atoms with Gasteiger partial charge in [0.1, 0.15) is 0 Å². The van der Waals surface area contributed by atoms with Crippen molar-refractivity contribution in [3.05, 3.63) is 28.2 Å². The number of hydrogen-bond acceptors (Lipinski definition) is 2. The number of hydrogen-bond donors (Lipinski definition) is 3. The van der Waals surface area contributed by atoms with E-state index >= 15 is 0 Å². The Morgan fingerprint density at radius 3 is 2.63 bits per heavy atom. The summed E-state index contributed by atoms with van der Waals surface area (Å²) < 4.78 is 0. The lowest BCUT2D eigenvalue weighted by Crippen LogP contribution is -2.52. The molecule has 1 aliphatic heterocycles. The first-order valence-electron chi connectivity index (χ1n) is 6.31. The first kappa shape index (κ1) is 14.4. The number of carbonyl (C=O) groups excluding carboxylic acids is 1. The summed E-state index contributed by atoms with van der Waals surface area (Å²) in [6, 6.07) is 5.13. The molecule has 0 spiro atoms. The summed E-state index contributed by atoms with van der Waals surface area (Å²) in [5, 5.41) is 10.0. The van der Waals surface area contributed by atoms with Crippen LogP contribution in [0.4, 0.5) is 10.5 Å². The fourth-order valence-corrected chi connectivity index (χ4v) is 2.73. The van der Waals surface area contributed by atoms with Gasteiger partial charge in [0.25, 0.3) is 0 Å². The third-order valence-electron chi connectivity index (χ3n) is 3.20. The Morgan fingerprint density at radius 2 is 2.00 bits per heavy atom. The Hall–Kier alpha value is -0.970. The van der Waals surface area contributed by atoms with Crippen molar-refractivity contribution >= 4 is 34.9 Å². The lowest BCUT2D eigenvalue weighted by Gasteiger charge is -2.30. The second-order valence-corrected chi connectivity index (χ2v) is 5.62. The fraction of sp³-hybridized carbons (Fsp3) is 0.462. The highest BCUT2D eigenvalue weighted by molar-refractivity contribution is 6.35. The zero-order chi connectivity index (χ0) is 13.8. The second-order valence-electron chi connectivity index (χ2n) is 4.75. The van der Waals surface area contributed by atoms with Crippen molar-refractivity contribution in [3.8, 4) is 0 Å². The minimum absolute atomic E-state index is 0.142. The van der Waals surface area contributed by atoms with E-state index in [1.165, 1.54) is 0 Å². The van der Waals surface area contributed by atoms with Gasteiger partial charge in [-0.3, -0.25) is 0 Å². The van der Waals surface area contributed by atoms with Crippen LogP contribution in [0.15, 0.2) is 18.2 Å². The summed E-state index contributed by atoms with van der Waals surface area (Å²) in [6.07, 6.45) is 2.05. The zero-order valence-electron chi connectivity index (χ0n) is 10.7. The van der Waals surface area contributed by atoms with Gasteiger partial charge in [0.15, 0.2) is 0 Å². The molecule has 0 saturated carbocycles. The maximum Gasteiger partial charge on any atom is 0.319 e. The van der Waals surface area contributed by atoms with Gasteiger partial charge in [-0.15, -0.1) is 0 Å². The molecule has 2 atom stereocenters. The lowest BCUT2D eigenvalue weighted by atomic mass is 10.0. The van der Waals surface area contributed by atoms with Crippen LogP contribution in [-0.2, 0) is 0 Å². The number of amides is 2. The normalized spacial score (nSPS) is 22.9. The lowest BCUT2D eigenvalue weighted by molar-refractivity contribution is 0.239. The molecule has 104 valence electrons. The summed E-state index contributed by atoms with van der Waals surface area (Å²) in [6.45, 7) is 3.07. The molecule has 0 bridgehead atoms. The average molecular weight is 302 g/mol. The Bertz CT molecular complexity index is 447. The molecule has 2 amide bonds. The standard InChI is InChI=1S/C13H17Cl2N3O/c1-8-12(3-2-4-16-8)18-13(19)17-11-6-9(14)5-10(15)7-11/h5-8,12,16H,2-4H2,1H3,(H2,17,18,19). The van der Waals surface area contributed by atoms with Crippen LogP contribution in [0.5, 0.6) is 0 Å². The average Bonchev–Trinajstić information content (AvgIpc) is 2.30. The molecular weight excluding hydrogens is 285 g/mol. The van der Waals surface area contributed by atoms with Crippen LogP contribution in [0.2, 0.25) is 10.0 Å². The highest BCUT2D eigenvalue weighted by Gasteiger charge is 2.22. The molecule has 19 heavy (non-hydrogen) atoms. The quantitative estimate of drug-likeness (QED) is 0.785. The number of anilines is 1. The summed E-state index contributed by atoms with van der Waals surface area (Å²) in [7, 11) is 0. The molecule has 1 saturated heterocycles. The van der Waals surface area contributed by atoms with Gasteiger partial charge in [0, 0.05) is 27.8 Å². The van der Waals surface area contributed by atoms with Crippen molar-refractivity contribution in [2.75, 3.05) is 11.9 Å². The van der Waals surface area contributed by atoms with E-state index in [0.717, 1.165) is 19.4 Å². The van der Waals surface area contributed by atoms with Gasteiger partial charge in [-0.1, -0.05) is 23.2 Å². The molecule has 1 heterocycles. The molecule has 1 aromatic rings. The first-order valence-corrected chi connectivity index (χ1v) is 7.07. The van der Waals surface area contributed by atoms with E-state index in [2.05, 4.69) is 22.9 Å². The molecule has 1 aliphatic rings. The molecule has 1 fully saturated rings. The van der Waals surface area contributed by atoms with Gasteiger partial charge in [0.2, 0.25) is 0 Å². The summed E-state index contributed by atoms with van der Waals surface area (Å²) in [5.41, 5.74) is 0.589. The van der Waals surface area contributed by atoms with Gasteiger partial charge in [-0.2, -0.15) is 0 Å². The number of benzene rings is 1. The van der Waals surface area contributed by atoms with Crippen molar-refractivity contribution < 1.29 is 4.79 Å². The van der Waals surface area contributed by atoms with E-state index in [4.69, 9.17) is 23.2 Å². The molecule has 4 nitrogen and oxygen atoms in total. The first-order chi connectivity index (χ1) is 9.04. The van der Waals surface area contributed by atoms with Crippen molar-refractivity contribution in [1.29, 1.82) is 0 Å². The molecule has 3 N–H and O–H groups in total. The van der Waals surface area contributed by atoms with Gasteiger partial charge in [0.05, 0.1) is 0 Å². The van der Waals surface area contributed by atoms with Crippen molar-refractivity contribution in [2.45, 2.75) is 31.8 Å². The van der Waals surface area contributed by atoms with E-state index in [0.29, 0.717) is 15.7 Å². The van der Waals surface area contributed by atoms with Crippen molar-refractivity contribution in [1.82, 2.24) is 10.6 Å². The number of rotatable bonds is 2. The third kappa shape index (κ3) is 4.27. The third-order valence-corrected chi connectivity index (χ3v) is 3.64. The number of urea groups is 1. The maximum atomic E-state index is 11.9. The Labute approximate surface area is 122 Å². The van der Waals surface area contributed by atoms with E-state index in [9.17, 15) is 4.79 Å². The van der Waals surface area contributed by atoms with Crippen LogP contribution in [0, 0.1) is 0 Å². The largest absolute Gasteiger partial charge is 0.334 e. The monoisotopic (exact) mass is 301 g/mol. The highest BCUT2D eigenvalue weighted by Crippen LogP contribution is 2.22. The minimum atomic E-state index is -0.237. The molecule has 2 rings (SSSR count). The van der Waals surface area contributed by atoms with Crippen LogP contribution in [0.25, 0.3) is 0 Å². The number of nitrogens with one attached hydrogen (secondary N) is 3. The zero-order valence-corrected chi connectivity index (χ0v) is 12.2. The van der Waals surface area contributed by atoms with E-state index in [1.807, 2.05) is 0 Å². The molecule has 0 aliphatic carbocycles. The predicted octanol–water partition coefficient (Wildman–Crippen LogP) is 3.26. The van der Waals surface area contributed by atoms with E-state index in [1.54, 1.807) is 18.2 Å². The van der Waals surface area contributed by atoms with Gasteiger partial charge in [-0.05, 0) is 44.5 Å². The minimum Gasteiger partial charge on any atom is -0.334 e. The van der Waals surface area contributed by atoms with Gasteiger partial charge < -0.3 is 16.0 Å². The maximum absolute atomic E-state index is 11.9. The van der Waals surface area contributed by atoms with Crippen LogP contribution in [-0.4, -0.2) is 24.7 Å². The smallest absolute Gasteiger partial charge is 0.319 e. The van der Waals surface area contributed by atoms with Crippen LogP contribution < -0.4 is 16.0 Å². The Morgan fingerprint density at radius 1 is 1.32 bits per heavy atom. The Balaban J connectivity index is 1.93. The SMILES string of the molecule is CC1NCCCC1NC(=O)Nc1cc(Cl)cc(Cl)c1. The fourth-order valence-electron chi connectivity index (χ4n) is 2.20. The molecule has 0 radical (unpaired) electrons. The summed E-state index contributed by atoms with van der Waals surface area (Å²) in [4.78, 5) is 11.9. The summed E-state index contributed by atoms with van der Waals surface area (Å²) in [5.74, 6) is 0. The van der Waals surface area contributed by atoms with E-state index < -0.39 is 0 Å². The van der Waals surface area contributed by atoms with Gasteiger partial charge in [-0.25, -0.2) is 4.79 Å². The van der Waals surface area contributed by atoms with E-state index in [-0.39, 0.29) is 18.1 Å². The predicted molar refractivity (Wildman–Crippen MR) is 79.1 cm³/mol. The Kier molecular flexibility index (Phi) is 4.91. The number of carbonyl (C=O) groups is 1. The molecule has 1 aromatic carbocycles. The highest BCUT2D eigenvalue weighted by atomic mass is 35.5. The van der Waals surface area contributed by atoms with Crippen molar-refractivity contribution in [3.63, 3.8) is 0 Å². The molecule has 0 aromatic heterocycles. The topological polar surface area (TPSA) is 53.2 Å². The van der Waals surface area contributed by atoms with Crippen molar-refractivity contribution in [2.24, 2.45) is 0 Å². The molecule has 6 heteroatoms. The van der Waals surface area contributed by atoms with Crippen LogP contribution in [0.3, 0.4) is 0 Å². The molecular formula is C13H17Cl2N3O. The number of halogens is 2. The number of piperidine rings is 1. The second kappa shape index (κ2) is 6.46. The van der Waals surface area contributed by atoms with Crippen LogP contribution >= 0.6 is 23.2 Å².